The summed E-state index contributed by atoms with van der Waals surface area (Å²) in [6, 6.07) is 6.57. The number of hydrogen-bond donors (Lipinski definition) is 2. The Bertz CT molecular complexity index is 548. The molecule has 1 aromatic carbocycles. The summed E-state index contributed by atoms with van der Waals surface area (Å²) in [4.78, 5) is 10.5. The van der Waals surface area contributed by atoms with Crippen molar-refractivity contribution in [1.29, 1.82) is 0 Å². The number of aromatic nitrogens is 2. The smallest absolute Gasteiger partial charge is 0.279 e. The molecule has 1 heterocycles. The van der Waals surface area contributed by atoms with Gasteiger partial charge in [0.2, 0.25) is 0 Å². The molecule has 16 heavy (non-hydrogen) atoms. The first-order chi connectivity index (χ1) is 7.58. The lowest BCUT2D eigenvalue weighted by Crippen LogP contribution is -1.93. The number of nitro groups is 1. The third-order valence-corrected chi connectivity index (χ3v) is 2.24. The second kappa shape index (κ2) is 3.65. The SMILES string of the molecule is Cc1ccc(-c2cc(N)n[nH]2)c([N+](=O)[O-])c1. The van der Waals surface area contributed by atoms with Crippen LogP contribution < -0.4 is 5.73 Å². The Balaban J connectivity index is 2.60. The number of rotatable bonds is 2. The van der Waals surface area contributed by atoms with Gasteiger partial charge < -0.3 is 5.73 Å². The maximum absolute atomic E-state index is 10.9. The molecular formula is C10H10N4O2. The van der Waals surface area contributed by atoms with Crippen molar-refractivity contribution in [2.75, 3.05) is 5.73 Å². The van der Waals surface area contributed by atoms with E-state index in [2.05, 4.69) is 10.2 Å². The lowest BCUT2D eigenvalue weighted by Gasteiger charge is -2.00. The van der Waals surface area contributed by atoms with Crippen molar-refractivity contribution in [2.45, 2.75) is 6.92 Å². The zero-order valence-corrected chi connectivity index (χ0v) is 8.60. The normalized spacial score (nSPS) is 10.3. The van der Waals surface area contributed by atoms with Gasteiger partial charge in [0.05, 0.1) is 16.2 Å². The van der Waals surface area contributed by atoms with Gasteiger partial charge in [-0.3, -0.25) is 15.2 Å². The quantitative estimate of drug-likeness (QED) is 0.593. The first-order valence-electron chi connectivity index (χ1n) is 4.64. The minimum Gasteiger partial charge on any atom is -0.382 e. The molecule has 6 nitrogen and oxygen atoms in total. The fourth-order valence-corrected chi connectivity index (χ4v) is 1.50. The average molecular weight is 218 g/mol. The van der Waals surface area contributed by atoms with E-state index in [9.17, 15) is 10.1 Å². The molecule has 0 amide bonds. The van der Waals surface area contributed by atoms with Crippen LogP contribution in [0.3, 0.4) is 0 Å². The van der Waals surface area contributed by atoms with E-state index in [1.54, 1.807) is 25.1 Å². The molecule has 0 bridgehead atoms. The molecule has 0 spiro atoms. The number of nitrogens with one attached hydrogen (secondary N) is 1. The molecule has 82 valence electrons. The minimum absolute atomic E-state index is 0.0450. The van der Waals surface area contributed by atoms with E-state index in [0.29, 0.717) is 17.1 Å². The molecule has 0 radical (unpaired) electrons. The summed E-state index contributed by atoms with van der Waals surface area (Å²) in [5, 5.41) is 17.3. The number of aryl methyl sites for hydroxylation is 1. The lowest BCUT2D eigenvalue weighted by atomic mass is 10.1. The predicted molar refractivity (Wildman–Crippen MR) is 59.8 cm³/mol. The molecule has 2 aromatic rings. The van der Waals surface area contributed by atoms with E-state index < -0.39 is 4.92 Å². The van der Waals surface area contributed by atoms with E-state index in [0.717, 1.165) is 5.56 Å². The van der Waals surface area contributed by atoms with Crippen molar-refractivity contribution < 1.29 is 4.92 Å². The van der Waals surface area contributed by atoms with Gasteiger partial charge in [0.15, 0.2) is 0 Å². The summed E-state index contributed by atoms with van der Waals surface area (Å²) in [5.74, 6) is 0.310. The standard InChI is InChI=1S/C10H10N4O2/c1-6-2-3-7(9(4-6)14(15)16)8-5-10(11)13-12-8/h2-5H,1H3,(H3,11,12,13). The first-order valence-corrected chi connectivity index (χ1v) is 4.64. The van der Waals surface area contributed by atoms with Crippen LogP contribution in [-0.4, -0.2) is 15.1 Å². The van der Waals surface area contributed by atoms with Crippen molar-refractivity contribution in [3.05, 3.63) is 39.9 Å². The summed E-state index contributed by atoms with van der Waals surface area (Å²) in [7, 11) is 0. The van der Waals surface area contributed by atoms with Crippen LogP contribution in [0.25, 0.3) is 11.3 Å². The van der Waals surface area contributed by atoms with Crippen molar-refractivity contribution >= 4 is 11.5 Å². The molecule has 0 aliphatic carbocycles. The Kier molecular flexibility index (Phi) is 2.32. The van der Waals surface area contributed by atoms with Crippen LogP contribution in [0.2, 0.25) is 0 Å². The van der Waals surface area contributed by atoms with E-state index in [1.807, 2.05) is 0 Å². The number of H-pyrrole nitrogens is 1. The topological polar surface area (TPSA) is 97.8 Å². The Morgan fingerprint density at radius 3 is 2.75 bits per heavy atom. The molecule has 0 saturated carbocycles. The van der Waals surface area contributed by atoms with Crippen molar-refractivity contribution in [3.63, 3.8) is 0 Å². The lowest BCUT2D eigenvalue weighted by molar-refractivity contribution is -0.384. The summed E-state index contributed by atoms with van der Waals surface area (Å²) in [5.41, 5.74) is 7.37. The largest absolute Gasteiger partial charge is 0.382 e. The number of nitro benzene ring substituents is 1. The molecule has 0 aliphatic heterocycles. The maximum atomic E-state index is 10.9. The molecule has 0 fully saturated rings. The number of nitrogen functional groups attached to an aromatic ring is 1. The van der Waals surface area contributed by atoms with Crippen LogP contribution in [0, 0.1) is 17.0 Å². The van der Waals surface area contributed by atoms with Gasteiger partial charge >= 0.3 is 0 Å². The molecule has 1 aromatic heterocycles. The van der Waals surface area contributed by atoms with E-state index in [4.69, 9.17) is 5.73 Å². The van der Waals surface area contributed by atoms with Crippen LogP contribution >= 0.6 is 0 Å². The van der Waals surface area contributed by atoms with Gasteiger partial charge in [-0.2, -0.15) is 5.10 Å². The number of hydrogen-bond acceptors (Lipinski definition) is 4. The fraction of sp³-hybridized carbons (Fsp3) is 0.100. The third kappa shape index (κ3) is 1.72. The molecule has 0 unspecified atom stereocenters. The highest BCUT2D eigenvalue weighted by molar-refractivity contribution is 5.72. The molecule has 0 atom stereocenters. The third-order valence-electron chi connectivity index (χ3n) is 2.24. The second-order valence-electron chi connectivity index (χ2n) is 3.48. The monoisotopic (exact) mass is 218 g/mol. The Morgan fingerprint density at radius 1 is 1.44 bits per heavy atom. The number of nitrogens with zero attached hydrogens (tertiary/aromatic N) is 2. The number of aromatic amines is 1. The Hall–Kier alpha value is -2.37. The molecule has 3 N–H and O–H groups in total. The van der Waals surface area contributed by atoms with Gasteiger partial charge in [0, 0.05) is 12.1 Å². The highest BCUT2D eigenvalue weighted by atomic mass is 16.6. The van der Waals surface area contributed by atoms with Crippen molar-refractivity contribution in [3.8, 4) is 11.3 Å². The highest BCUT2D eigenvalue weighted by Crippen LogP contribution is 2.29. The fourth-order valence-electron chi connectivity index (χ4n) is 1.50. The number of benzene rings is 1. The van der Waals surface area contributed by atoms with Crippen molar-refractivity contribution in [2.24, 2.45) is 0 Å². The zero-order valence-electron chi connectivity index (χ0n) is 8.60. The summed E-state index contributed by atoms with van der Waals surface area (Å²) < 4.78 is 0. The van der Waals surface area contributed by atoms with Crippen molar-refractivity contribution in [1.82, 2.24) is 10.2 Å². The maximum Gasteiger partial charge on any atom is 0.279 e. The van der Waals surface area contributed by atoms with Crippen LogP contribution in [0.1, 0.15) is 5.56 Å². The van der Waals surface area contributed by atoms with Crippen LogP contribution in [0.15, 0.2) is 24.3 Å². The van der Waals surface area contributed by atoms with Gasteiger partial charge in [-0.1, -0.05) is 6.07 Å². The molecule has 0 saturated heterocycles. The summed E-state index contributed by atoms with van der Waals surface area (Å²) in [6.45, 7) is 1.80. The average Bonchev–Trinajstić information content (AvgIpc) is 2.64. The summed E-state index contributed by atoms with van der Waals surface area (Å²) in [6.07, 6.45) is 0. The predicted octanol–water partition coefficient (Wildman–Crippen LogP) is 1.88. The van der Waals surface area contributed by atoms with Gasteiger partial charge in [-0.15, -0.1) is 0 Å². The van der Waals surface area contributed by atoms with Gasteiger partial charge in [-0.25, -0.2) is 0 Å². The Morgan fingerprint density at radius 2 is 2.19 bits per heavy atom. The second-order valence-corrected chi connectivity index (χ2v) is 3.48. The van der Waals surface area contributed by atoms with E-state index in [-0.39, 0.29) is 5.69 Å². The summed E-state index contributed by atoms with van der Waals surface area (Å²) >= 11 is 0. The van der Waals surface area contributed by atoms with E-state index >= 15 is 0 Å². The zero-order chi connectivity index (χ0) is 11.7. The van der Waals surface area contributed by atoms with Crippen LogP contribution in [0.5, 0.6) is 0 Å². The van der Waals surface area contributed by atoms with Crippen LogP contribution in [0.4, 0.5) is 11.5 Å². The van der Waals surface area contributed by atoms with Gasteiger partial charge in [0.25, 0.3) is 5.69 Å². The van der Waals surface area contributed by atoms with Gasteiger partial charge in [0.1, 0.15) is 5.82 Å². The molecule has 6 heteroatoms. The minimum atomic E-state index is -0.417. The first kappa shape index (κ1) is 10.2. The van der Waals surface area contributed by atoms with Crippen LogP contribution in [-0.2, 0) is 0 Å². The molecular weight excluding hydrogens is 208 g/mol. The van der Waals surface area contributed by atoms with E-state index in [1.165, 1.54) is 6.07 Å². The Labute approximate surface area is 91.2 Å². The molecule has 0 aliphatic rings. The number of nitrogens with two attached hydrogens (primary N) is 1. The highest BCUT2D eigenvalue weighted by Gasteiger charge is 2.16. The van der Waals surface area contributed by atoms with Gasteiger partial charge in [-0.05, 0) is 18.6 Å². The molecule has 2 rings (SSSR count). The number of anilines is 1.